The monoisotopic (exact) mass is 169 g/mol. The van der Waals surface area contributed by atoms with E-state index in [1.165, 1.54) is 6.42 Å². The molecule has 1 fully saturated rings. The number of amides is 1. The third kappa shape index (κ3) is 1.99. The minimum atomic E-state index is 0.335. The van der Waals surface area contributed by atoms with Crippen LogP contribution in [0.25, 0.3) is 0 Å². The van der Waals surface area contributed by atoms with Crippen LogP contribution in [0.4, 0.5) is 0 Å². The van der Waals surface area contributed by atoms with Crippen molar-refractivity contribution in [3.63, 3.8) is 0 Å². The second kappa shape index (κ2) is 4.48. The molecule has 2 heteroatoms. The largest absolute Gasteiger partial charge is 0.342 e. The first kappa shape index (κ1) is 9.56. The molecule has 1 unspecified atom stereocenters. The van der Waals surface area contributed by atoms with Crippen molar-refractivity contribution in [2.45, 2.75) is 39.5 Å². The molecule has 1 amide bonds. The molecule has 0 aromatic carbocycles. The first-order chi connectivity index (χ1) is 5.79. The predicted molar refractivity (Wildman–Crippen MR) is 49.9 cm³/mol. The Labute approximate surface area is 74.9 Å². The fraction of sp³-hybridized carbons (Fsp3) is 0.900. The van der Waals surface area contributed by atoms with E-state index in [0.717, 1.165) is 32.4 Å². The van der Waals surface area contributed by atoms with Gasteiger partial charge < -0.3 is 4.90 Å². The Morgan fingerprint density at radius 1 is 1.50 bits per heavy atom. The van der Waals surface area contributed by atoms with Gasteiger partial charge in [-0.3, -0.25) is 4.79 Å². The number of nitrogens with zero attached hydrogens (tertiary/aromatic N) is 1. The second-order valence-electron chi connectivity index (χ2n) is 3.57. The van der Waals surface area contributed by atoms with E-state index in [2.05, 4.69) is 13.8 Å². The Morgan fingerprint density at radius 3 is 2.75 bits per heavy atom. The van der Waals surface area contributed by atoms with Gasteiger partial charge in [-0.2, -0.15) is 0 Å². The van der Waals surface area contributed by atoms with Crippen molar-refractivity contribution >= 4 is 5.91 Å². The van der Waals surface area contributed by atoms with Crippen LogP contribution >= 0.6 is 0 Å². The maximum absolute atomic E-state index is 11.6. The second-order valence-corrected chi connectivity index (χ2v) is 3.57. The summed E-state index contributed by atoms with van der Waals surface area (Å²) in [4.78, 5) is 13.6. The van der Waals surface area contributed by atoms with Crippen molar-refractivity contribution in [1.82, 2.24) is 4.90 Å². The summed E-state index contributed by atoms with van der Waals surface area (Å²) in [5.41, 5.74) is 0. The summed E-state index contributed by atoms with van der Waals surface area (Å²) in [7, 11) is 0. The zero-order valence-electron chi connectivity index (χ0n) is 8.18. The van der Waals surface area contributed by atoms with Crippen molar-refractivity contribution in [1.29, 1.82) is 0 Å². The highest BCUT2D eigenvalue weighted by Crippen LogP contribution is 2.20. The fourth-order valence-electron chi connectivity index (χ4n) is 1.75. The van der Waals surface area contributed by atoms with E-state index in [1.807, 2.05) is 4.90 Å². The van der Waals surface area contributed by atoms with Crippen molar-refractivity contribution in [2.24, 2.45) is 5.92 Å². The molecule has 12 heavy (non-hydrogen) atoms. The molecular formula is C10H19NO. The van der Waals surface area contributed by atoms with Gasteiger partial charge in [0.25, 0.3) is 0 Å². The Bertz CT molecular complexity index is 156. The van der Waals surface area contributed by atoms with E-state index < -0.39 is 0 Å². The summed E-state index contributed by atoms with van der Waals surface area (Å²) >= 11 is 0. The number of likely N-dealkylation sites (tertiary alicyclic amines) is 1. The SMILES string of the molecule is CCCCN1CCC(CC)C1=O. The van der Waals surface area contributed by atoms with Crippen LogP contribution < -0.4 is 0 Å². The van der Waals surface area contributed by atoms with Gasteiger partial charge in [-0.15, -0.1) is 0 Å². The summed E-state index contributed by atoms with van der Waals surface area (Å²) in [6, 6.07) is 0. The maximum Gasteiger partial charge on any atom is 0.225 e. The molecule has 0 spiro atoms. The molecule has 70 valence electrons. The highest BCUT2D eigenvalue weighted by Gasteiger charge is 2.28. The van der Waals surface area contributed by atoms with Crippen LogP contribution in [-0.2, 0) is 4.79 Å². The molecule has 0 aromatic heterocycles. The minimum Gasteiger partial charge on any atom is -0.342 e. The Hall–Kier alpha value is -0.530. The molecule has 0 N–H and O–H groups in total. The molecule has 1 heterocycles. The average Bonchev–Trinajstić information content (AvgIpc) is 2.43. The topological polar surface area (TPSA) is 20.3 Å². The molecule has 0 aromatic rings. The molecule has 0 saturated carbocycles. The lowest BCUT2D eigenvalue weighted by Crippen LogP contribution is -2.28. The van der Waals surface area contributed by atoms with Crippen LogP contribution in [0.5, 0.6) is 0 Å². The first-order valence-electron chi connectivity index (χ1n) is 5.08. The fourth-order valence-corrected chi connectivity index (χ4v) is 1.75. The Balaban J connectivity index is 2.33. The van der Waals surface area contributed by atoms with Crippen molar-refractivity contribution in [2.75, 3.05) is 13.1 Å². The number of carbonyl (C=O) groups excluding carboxylic acids is 1. The van der Waals surface area contributed by atoms with Crippen LogP contribution in [0, 0.1) is 5.92 Å². The highest BCUT2D eigenvalue weighted by atomic mass is 16.2. The summed E-state index contributed by atoms with van der Waals surface area (Å²) in [5.74, 6) is 0.729. The van der Waals surface area contributed by atoms with Gasteiger partial charge in [0, 0.05) is 19.0 Å². The summed E-state index contributed by atoms with van der Waals surface area (Å²) in [6.45, 7) is 6.24. The number of rotatable bonds is 4. The van der Waals surface area contributed by atoms with E-state index in [4.69, 9.17) is 0 Å². The zero-order valence-corrected chi connectivity index (χ0v) is 8.18. The number of unbranched alkanes of at least 4 members (excludes halogenated alkanes) is 1. The minimum absolute atomic E-state index is 0.335. The lowest BCUT2D eigenvalue weighted by molar-refractivity contribution is -0.131. The lowest BCUT2D eigenvalue weighted by Gasteiger charge is -2.15. The van der Waals surface area contributed by atoms with Gasteiger partial charge in [-0.05, 0) is 19.3 Å². The molecule has 1 aliphatic heterocycles. The van der Waals surface area contributed by atoms with Crippen LogP contribution in [0.2, 0.25) is 0 Å². The average molecular weight is 169 g/mol. The van der Waals surface area contributed by atoms with E-state index >= 15 is 0 Å². The summed E-state index contributed by atoms with van der Waals surface area (Å²) < 4.78 is 0. The van der Waals surface area contributed by atoms with Crippen molar-refractivity contribution in [3.8, 4) is 0 Å². The van der Waals surface area contributed by atoms with E-state index in [-0.39, 0.29) is 0 Å². The van der Waals surface area contributed by atoms with E-state index in [9.17, 15) is 4.79 Å². The molecule has 2 nitrogen and oxygen atoms in total. The molecule has 0 bridgehead atoms. The van der Waals surface area contributed by atoms with Gasteiger partial charge in [-0.1, -0.05) is 20.3 Å². The molecule has 1 aliphatic rings. The Morgan fingerprint density at radius 2 is 2.25 bits per heavy atom. The third-order valence-corrected chi connectivity index (χ3v) is 2.68. The standard InChI is InChI=1S/C10H19NO/c1-3-5-7-11-8-6-9(4-2)10(11)12/h9H,3-8H2,1-2H3. The van der Waals surface area contributed by atoms with E-state index in [1.54, 1.807) is 0 Å². The number of hydrogen-bond acceptors (Lipinski definition) is 1. The van der Waals surface area contributed by atoms with Gasteiger partial charge in [0.1, 0.15) is 0 Å². The normalized spacial score (nSPS) is 23.7. The van der Waals surface area contributed by atoms with Gasteiger partial charge in [0.2, 0.25) is 5.91 Å². The highest BCUT2D eigenvalue weighted by molar-refractivity contribution is 5.80. The summed E-state index contributed by atoms with van der Waals surface area (Å²) in [5, 5.41) is 0. The maximum atomic E-state index is 11.6. The quantitative estimate of drug-likeness (QED) is 0.630. The van der Waals surface area contributed by atoms with Crippen LogP contribution in [0.3, 0.4) is 0 Å². The van der Waals surface area contributed by atoms with Crippen molar-refractivity contribution < 1.29 is 4.79 Å². The number of carbonyl (C=O) groups is 1. The molecule has 1 atom stereocenters. The zero-order chi connectivity index (χ0) is 8.97. The molecule has 0 aliphatic carbocycles. The Kier molecular flexibility index (Phi) is 3.57. The van der Waals surface area contributed by atoms with E-state index in [0.29, 0.717) is 11.8 Å². The van der Waals surface area contributed by atoms with Crippen LogP contribution in [0.15, 0.2) is 0 Å². The predicted octanol–water partition coefficient (Wildman–Crippen LogP) is 2.04. The van der Waals surface area contributed by atoms with Crippen LogP contribution in [0.1, 0.15) is 39.5 Å². The van der Waals surface area contributed by atoms with Crippen LogP contribution in [-0.4, -0.2) is 23.9 Å². The molecule has 1 rings (SSSR count). The summed E-state index contributed by atoms with van der Waals surface area (Å²) in [6.07, 6.45) is 4.43. The molecule has 0 radical (unpaired) electrons. The third-order valence-electron chi connectivity index (χ3n) is 2.68. The molecule has 1 saturated heterocycles. The smallest absolute Gasteiger partial charge is 0.225 e. The van der Waals surface area contributed by atoms with Gasteiger partial charge >= 0.3 is 0 Å². The van der Waals surface area contributed by atoms with Gasteiger partial charge in [0.15, 0.2) is 0 Å². The first-order valence-corrected chi connectivity index (χ1v) is 5.08. The van der Waals surface area contributed by atoms with Gasteiger partial charge in [-0.25, -0.2) is 0 Å². The van der Waals surface area contributed by atoms with Gasteiger partial charge in [0.05, 0.1) is 0 Å². The molecular weight excluding hydrogens is 150 g/mol. The van der Waals surface area contributed by atoms with Crippen molar-refractivity contribution in [3.05, 3.63) is 0 Å². The lowest BCUT2D eigenvalue weighted by atomic mass is 10.1. The number of hydrogen-bond donors (Lipinski definition) is 0.